The van der Waals surface area contributed by atoms with E-state index in [4.69, 9.17) is 0 Å². The third-order valence-corrected chi connectivity index (χ3v) is 2.80. The Bertz CT molecular complexity index is 434. The Balaban J connectivity index is 2.10. The summed E-state index contributed by atoms with van der Waals surface area (Å²) in [6.45, 7) is 5.42. The summed E-state index contributed by atoms with van der Waals surface area (Å²) < 4.78 is 0. The van der Waals surface area contributed by atoms with Crippen LogP contribution in [0.2, 0.25) is 0 Å². The zero-order valence-corrected chi connectivity index (χ0v) is 10.8. The Morgan fingerprint density at radius 1 is 1.44 bits per heavy atom. The van der Waals surface area contributed by atoms with E-state index in [0.717, 1.165) is 31.7 Å². The zero-order valence-electron chi connectivity index (χ0n) is 10.8. The van der Waals surface area contributed by atoms with E-state index in [9.17, 15) is 4.79 Å². The van der Waals surface area contributed by atoms with E-state index in [1.165, 1.54) is 0 Å². The molecule has 1 aromatic heterocycles. The number of carbonyl (C=O) groups is 1. The van der Waals surface area contributed by atoms with Crippen LogP contribution in [0.15, 0.2) is 6.07 Å². The number of amides is 1. The van der Waals surface area contributed by atoms with Crippen molar-refractivity contribution in [3.05, 3.63) is 11.9 Å². The molecule has 2 heterocycles. The predicted molar refractivity (Wildman–Crippen MR) is 70.6 cm³/mol. The summed E-state index contributed by atoms with van der Waals surface area (Å²) >= 11 is 0. The summed E-state index contributed by atoms with van der Waals surface area (Å²) in [7, 11) is 0. The molecular weight excluding hydrogens is 230 g/mol. The first-order valence-electron chi connectivity index (χ1n) is 6.33. The lowest BCUT2D eigenvalue weighted by atomic mass is 10.1. The van der Waals surface area contributed by atoms with Crippen LogP contribution in [0.25, 0.3) is 0 Å². The van der Waals surface area contributed by atoms with Crippen LogP contribution in [0.3, 0.4) is 0 Å². The van der Waals surface area contributed by atoms with Crippen molar-refractivity contribution in [2.75, 3.05) is 23.7 Å². The van der Waals surface area contributed by atoms with Crippen LogP contribution in [-0.4, -0.2) is 35.0 Å². The highest BCUT2D eigenvalue weighted by Crippen LogP contribution is 2.14. The third kappa shape index (κ3) is 3.09. The number of aryl methyl sites for hydroxylation is 1. The molecule has 3 N–H and O–H groups in total. The molecule has 0 bridgehead atoms. The minimum Gasteiger partial charge on any atom is -0.370 e. The smallest absolute Gasteiger partial charge is 0.242 e. The van der Waals surface area contributed by atoms with Gasteiger partial charge in [0, 0.05) is 19.2 Å². The largest absolute Gasteiger partial charge is 0.370 e. The van der Waals surface area contributed by atoms with Crippen molar-refractivity contribution in [1.29, 1.82) is 0 Å². The van der Waals surface area contributed by atoms with Gasteiger partial charge in [0.1, 0.15) is 23.5 Å². The third-order valence-electron chi connectivity index (χ3n) is 2.80. The maximum atomic E-state index is 11.7. The molecular formula is C12H19N5O. The maximum absolute atomic E-state index is 11.7. The van der Waals surface area contributed by atoms with Crippen molar-refractivity contribution in [2.45, 2.75) is 32.7 Å². The topological polar surface area (TPSA) is 78.9 Å². The molecule has 2 rings (SSSR count). The second-order valence-corrected chi connectivity index (χ2v) is 4.35. The molecule has 1 aliphatic rings. The van der Waals surface area contributed by atoms with Crippen LogP contribution in [0.1, 0.15) is 25.6 Å². The molecule has 0 radical (unpaired) electrons. The fourth-order valence-corrected chi connectivity index (χ4v) is 2.00. The van der Waals surface area contributed by atoms with Gasteiger partial charge in [-0.2, -0.15) is 0 Å². The van der Waals surface area contributed by atoms with Crippen molar-refractivity contribution in [3.63, 3.8) is 0 Å². The van der Waals surface area contributed by atoms with Gasteiger partial charge in [-0.25, -0.2) is 9.97 Å². The van der Waals surface area contributed by atoms with Crippen molar-refractivity contribution in [2.24, 2.45) is 0 Å². The number of piperidine rings is 1. The molecule has 1 atom stereocenters. The Kier molecular flexibility index (Phi) is 3.96. The van der Waals surface area contributed by atoms with Crippen molar-refractivity contribution in [1.82, 2.24) is 15.3 Å². The second-order valence-electron chi connectivity index (χ2n) is 4.35. The highest BCUT2D eigenvalue weighted by molar-refractivity contribution is 5.85. The number of nitrogens with one attached hydrogen (secondary N) is 3. The van der Waals surface area contributed by atoms with Gasteiger partial charge in [-0.1, -0.05) is 0 Å². The number of aromatic nitrogens is 2. The summed E-state index contributed by atoms with van der Waals surface area (Å²) in [5, 5.41) is 9.16. The molecule has 6 heteroatoms. The van der Waals surface area contributed by atoms with Crippen LogP contribution >= 0.6 is 0 Å². The molecule has 1 aromatic rings. The molecule has 6 nitrogen and oxygen atoms in total. The van der Waals surface area contributed by atoms with Gasteiger partial charge < -0.3 is 16.0 Å². The van der Waals surface area contributed by atoms with Gasteiger partial charge in [-0.05, 0) is 26.7 Å². The van der Waals surface area contributed by atoms with Crippen LogP contribution < -0.4 is 16.0 Å². The molecule has 1 amide bonds. The molecule has 1 unspecified atom stereocenters. The summed E-state index contributed by atoms with van der Waals surface area (Å²) in [6.07, 6.45) is 1.83. The van der Waals surface area contributed by atoms with Gasteiger partial charge in [-0.15, -0.1) is 0 Å². The van der Waals surface area contributed by atoms with Gasteiger partial charge in [0.15, 0.2) is 0 Å². The average Bonchev–Trinajstić information content (AvgIpc) is 2.32. The quantitative estimate of drug-likeness (QED) is 0.739. The Labute approximate surface area is 107 Å². The molecule has 0 saturated carbocycles. The van der Waals surface area contributed by atoms with Crippen LogP contribution in [0, 0.1) is 6.92 Å². The molecule has 18 heavy (non-hydrogen) atoms. The first-order chi connectivity index (χ1) is 8.69. The number of nitrogens with zero attached hydrogens (tertiary/aromatic N) is 2. The van der Waals surface area contributed by atoms with Crippen LogP contribution in [-0.2, 0) is 4.79 Å². The number of rotatable bonds is 4. The normalized spacial score (nSPS) is 19.2. The lowest BCUT2D eigenvalue weighted by Crippen LogP contribution is -2.44. The van der Waals surface area contributed by atoms with Crippen molar-refractivity contribution >= 4 is 17.5 Å². The van der Waals surface area contributed by atoms with Crippen molar-refractivity contribution < 1.29 is 4.79 Å². The van der Waals surface area contributed by atoms with Gasteiger partial charge in [0.2, 0.25) is 5.91 Å². The highest BCUT2D eigenvalue weighted by Gasteiger charge is 2.22. The molecule has 1 aliphatic heterocycles. The fourth-order valence-electron chi connectivity index (χ4n) is 2.00. The summed E-state index contributed by atoms with van der Waals surface area (Å²) in [5.41, 5.74) is 0. The zero-order chi connectivity index (χ0) is 13.0. The maximum Gasteiger partial charge on any atom is 0.242 e. The van der Waals surface area contributed by atoms with Gasteiger partial charge in [0.05, 0.1) is 0 Å². The SMILES string of the molecule is CCNc1cc(NC2CCCNC2=O)nc(C)n1. The van der Waals surface area contributed by atoms with Crippen molar-refractivity contribution in [3.8, 4) is 0 Å². The molecule has 1 fully saturated rings. The fraction of sp³-hybridized carbons (Fsp3) is 0.583. The summed E-state index contributed by atoms with van der Waals surface area (Å²) in [6, 6.07) is 1.64. The molecule has 0 spiro atoms. The van der Waals surface area contributed by atoms with E-state index in [2.05, 4.69) is 25.9 Å². The predicted octanol–water partition coefficient (Wildman–Crippen LogP) is 0.907. The summed E-state index contributed by atoms with van der Waals surface area (Å²) in [4.78, 5) is 20.2. The molecule has 98 valence electrons. The van der Waals surface area contributed by atoms with E-state index < -0.39 is 0 Å². The lowest BCUT2D eigenvalue weighted by Gasteiger charge is -2.23. The van der Waals surface area contributed by atoms with Gasteiger partial charge in [0.25, 0.3) is 0 Å². The molecule has 1 saturated heterocycles. The minimum atomic E-state index is -0.192. The minimum absolute atomic E-state index is 0.0440. The molecule has 0 aromatic carbocycles. The van der Waals surface area contributed by atoms with Crippen LogP contribution in [0.5, 0.6) is 0 Å². The molecule has 0 aliphatic carbocycles. The monoisotopic (exact) mass is 249 g/mol. The number of hydrogen-bond donors (Lipinski definition) is 3. The number of carbonyl (C=O) groups excluding carboxylic acids is 1. The summed E-state index contributed by atoms with van der Waals surface area (Å²) in [5.74, 6) is 2.21. The average molecular weight is 249 g/mol. The Morgan fingerprint density at radius 2 is 2.22 bits per heavy atom. The Morgan fingerprint density at radius 3 is 2.94 bits per heavy atom. The van der Waals surface area contributed by atoms with E-state index in [0.29, 0.717) is 11.6 Å². The lowest BCUT2D eigenvalue weighted by molar-refractivity contribution is -0.123. The highest BCUT2D eigenvalue weighted by atomic mass is 16.2. The van der Waals surface area contributed by atoms with E-state index in [1.807, 2.05) is 19.9 Å². The van der Waals surface area contributed by atoms with E-state index in [1.54, 1.807) is 0 Å². The van der Waals surface area contributed by atoms with Gasteiger partial charge >= 0.3 is 0 Å². The van der Waals surface area contributed by atoms with E-state index in [-0.39, 0.29) is 11.9 Å². The standard InChI is InChI=1S/C12H19N5O/c1-3-13-10-7-11(16-8(2)15-10)17-9-5-4-6-14-12(9)18/h7,9H,3-6H2,1-2H3,(H,14,18)(H2,13,15,16,17). The Hall–Kier alpha value is -1.85. The van der Waals surface area contributed by atoms with Crippen LogP contribution in [0.4, 0.5) is 11.6 Å². The van der Waals surface area contributed by atoms with Gasteiger partial charge in [-0.3, -0.25) is 4.79 Å². The number of hydrogen-bond acceptors (Lipinski definition) is 5. The van der Waals surface area contributed by atoms with E-state index >= 15 is 0 Å². The first-order valence-corrected chi connectivity index (χ1v) is 6.33. The number of anilines is 2. The first kappa shape index (κ1) is 12.6. The second kappa shape index (κ2) is 5.66.